The summed E-state index contributed by atoms with van der Waals surface area (Å²) in [5, 5.41) is 0. The van der Waals surface area contributed by atoms with Crippen molar-refractivity contribution < 1.29 is 4.79 Å². The van der Waals surface area contributed by atoms with Crippen LogP contribution in [0.4, 0.5) is 0 Å². The fourth-order valence-electron chi connectivity index (χ4n) is 0.128. The van der Waals surface area contributed by atoms with Crippen LogP contribution in [-0.2, 0) is 4.79 Å². The minimum atomic E-state index is -0.537. The van der Waals surface area contributed by atoms with Crippen molar-refractivity contribution in [2.45, 2.75) is 13.8 Å². The SMILES string of the molecule is CC(C)=O.[B][B]B([B])B([B])[B]. The predicted molar refractivity (Wildman–Crippen MR) is 56.6 cm³/mol. The van der Waals surface area contributed by atoms with Crippen molar-refractivity contribution in [3.8, 4) is 0 Å². The molecule has 0 aromatic carbocycles. The van der Waals surface area contributed by atoms with Crippen LogP contribution < -0.4 is 0 Å². The fraction of sp³-hybridized carbons (Fsp3) is 0.667. The molecule has 1 nitrogen and oxygen atoms in total. The third kappa shape index (κ3) is 17.8. The van der Waals surface area contributed by atoms with Crippen molar-refractivity contribution in [2.75, 3.05) is 0 Å². The standard InChI is InChI=1S/C3H6O.B7/c1-3(2)4;1-5-7(4)6(2)3/h1-2H3;. The highest BCUT2D eigenvalue weighted by Crippen LogP contribution is 1.68. The van der Waals surface area contributed by atoms with Crippen LogP contribution in [-0.4, -0.2) is 56.6 Å². The van der Waals surface area contributed by atoms with Gasteiger partial charge in [0, 0.05) is 50.8 Å². The molecular weight excluding hydrogens is 128 g/mol. The Labute approximate surface area is 75.8 Å². The maximum absolute atomic E-state index is 9.44. The third-order valence-electron chi connectivity index (χ3n) is 0.667. The molecule has 11 heavy (non-hydrogen) atoms. The molecule has 0 bridgehead atoms. The van der Waals surface area contributed by atoms with Gasteiger partial charge in [-0.1, -0.05) is 0 Å². The summed E-state index contributed by atoms with van der Waals surface area (Å²) in [6.45, 7) is 3.06. The second-order valence-electron chi connectivity index (χ2n) is 2.26. The first-order valence-electron chi connectivity index (χ1n) is 3.20. The summed E-state index contributed by atoms with van der Waals surface area (Å²) in [4.78, 5) is 9.44. The second kappa shape index (κ2) is 8.22. The van der Waals surface area contributed by atoms with Crippen molar-refractivity contribution in [1.29, 1.82) is 0 Å². The molecule has 9 radical (unpaired) electrons. The first-order valence-corrected chi connectivity index (χ1v) is 3.20. The number of hydrogen-bond acceptors (Lipinski definition) is 1. The Bertz CT molecular complexity index is 99.9. The summed E-state index contributed by atoms with van der Waals surface area (Å²) in [6, 6.07) is 0. The molecule has 0 aliphatic carbocycles. The lowest BCUT2D eigenvalue weighted by Crippen LogP contribution is -2.43. The minimum Gasteiger partial charge on any atom is -0.300 e. The molecular formula is C3H6B7O. The Balaban J connectivity index is 0. The summed E-state index contributed by atoms with van der Waals surface area (Å²) in [7, 11) is 21.6. The lowest BCUT2D eigenvalue weighted by molar-refractivity contribution is -0.114. The third-order valence-corrected chi connectivity index (χ3v) is 0.667. The maximum atomic E-state index is 9.44. The number of Topliss-reactive ketones (excluding diaryl/α,β-unsaturated/α-hetero) is 1. The van der Waals surface area contributed by atoms with Crippen LogP contribution in [0.1, 0.15) is 13.8 Å². The molecule has 0 heterocycles. The van der Waals surface area contributed by atoms with Crippen molar-refractivity contribution in [1.82, 2.24) is 0 Å². The first kappa shape index (κ1) is 13.7. The lowest BCUT2D eigenvalue weighted by atomic mass is 8.76. The van der Waals surface area contributed by atoms with E-state index in [9.17, 15) is 4.79 Å². The number of rotatable bonds is 2. The van der Waals surface area contributed by atoms with E-state index in [0.717, 1.165) is 0 Å². The number of hydrogen-bond donors (Lipinski definition) is 0. The van der Waals surface area contributed by atoms with Gasteiger partial charge in [0.15, 0.2) is 0 Å². The summed E-state index contributed by atoms with van der Waals surface area (Å²) < 4.78 is 0. The zero-order chi connectivity index (χ0) is 9.44. The van der Waals surface area contributed by atoms with Crippen molar-refractivity contribution in [2.24, 2.45) is 0 Å². The van der Waals surface area contributed by atoms with Gasteiger partial charge in [0.25, 0.3) is 0 Å². The summed E-state index contributed by atoms with van der Waals surface area (Å²) in [5.74, 6) is 0.167. The van der Waals surface area contributed by atoms with Crippen LogP contribution in [0.2, 0.25) is 0 Å². The van der Waals surface area contributed by atoms with Crippen LogP contribution in [0.15, 0.2) is 0 Å². The molecule has 0 rings (SSSR count). The Morgan fingerprint density at radius 3 is 1.55 bits per heavy atom. The molecule has 0 saturated carbocycles. The van der Waals surface area contributed by atoms with Crippen LogP contribution in [0.3, 0.4) is 0 Å². The van der Waals surface area contributed by atoms with Gasteiger partial charge in [0.05, 0.1) is 0 Å². The predicted octanol–water partition coefficient (Wildman–Crippen LogP) is -2.07. The molecule has 0 amide bonds. The van der Waals surface area contributed by atoms with Crippen LogP contribution in [0, 0.1) is 0 Å². The van der Waals surface area contributed by atoms with E-state index in [1.54, 1.807) is 0 Å². The highest BCUT2D eigenvalue weighted by molar-refractivity contribution is 7.81. The highest BCUT2D eigenvalue weighted by Gasteiger charge is 2.06. The summed E-state index contributed by atoms with van der Waals surface area (Å²) in [5.41, 5.74) is 0. The van der Waals surface area contributed by atoms with Crippen LogP contribution >= 0.6 is 0 Å². The minimum absolute atomic E-state index is 0.167. The van der Waals surface area contributed by atoms with Gasteiger partial charge >= 0.3 is 0 Å². The monoisotopic (exact) mass is 135 g/mol. The fourth-order valence-corrected chi connectivity index (χ4v) is 0.128. The number of carbonyl (C=O) groups excluding carboxylic acids is 1. The molecule has 0 unspecified atom stereocenters. The molecule has 0 fully saturated rings. The highest BCUT2D eigenvalue weighted by atomic mass is 16.1. The average Bonchev–Trinajstić information content (AvgIpc) is 1.85. The Morgan fingerprint density at radius 1 is 1.27 bits per heavy atom. The Hall–Kier alpha value is 0.125. The quantitative estimate of drug-likeness (QED) is 0.396. The van der Waals surface area contributed by atoms with E-state index in [1.807, 2.05) is 0 Å². The Kier molecular flexibility index (Phi) is 10.2. The molecule has 0 spiro atoms. The number of ketones is 1. The van der Waals surface area contributed by atoms with Gasteiger partial charge in [0.1, 0.15) is 5.78 Å². The normalized spacial score (nSPS) is 7.09. The van der Waals surface area contributed by atoms with Gasteiger partial charge in [-0.05, 0) is 13.8 Å². The van der Waals surface area contributed by atoms with Gasteiger partial charge < -0.3 is 4.79 Å². The smallest absolute Gasteiger partial charge is 0.126 e. The molecule has 0 aliphatic heterocycles. The molecule has 45 valence electrons. The van der Waals surface area contributed by atoms with Gasteiger partial charge in [-0.15, -0.1) is 0 Å². The molecule has 0 atom stereocenters. The van der Waals surface area contributed by atoms with E-state index < -0.39 is 6.39 Å². The summed E-state index contributed by atoms with van der Waals surface area (Å²) in [6.07, 6.45) is -0.926. The van der Waals surface area contributed by atoms with E-state index in [0.29, 0.717) is 0 Å². The van der Waals surface area contributed by atoms with E-state index in [1.165, 1.54) is 20.9 Å². The second-order valence-corrected chi connectivity index (χ2v) is 2.26. The van der Waals surface area contributed by atoms with E-state index >= 15 is 0 Å². The summed E-state index contributed by atoms with van der Waals surface area (Å²) >= 11 is 0. The lowest BCUT2D eigenvalue weighted by Gasteiger charge is -2.05. The number of carbonyl (C=O) groups is 1. The average molecular weight is 134 g/mol. The first-order chi connectivity index (χ1) is 4.91. The molecule has 8 heteroatoms. The van der Waals surface area contributed by atoms with Crippen molar-refractivity contribution >= 4 is 56.6 Å². The molecule has 0 aliphatic rings. The van der Waals surface area contributed by atoms with Crippen molar-refractivity contribution in [3.05, 3.63) is 0 Å². The Morgan fingerprint density at radius 2 is 1.55 bits per heavy atom. The topological polar surface area (TPSA) is 17.1 Å². The van der Waals surface area contributed by atoms with E-state index in [-0.39, 0.29) is 12.2 Å². The molecule has 0 N–H and O–H groups in total. The van der Waals surface area contributed by atoms with Gasteiger partial charge in [-0.25, -0.2) is 0 Å². The van der Waals surface area contributed by atoms with Crippen LogP contribution in [0.5, 0.6) is 0 Å². The molecule has 0 aromatic rings. The van der Waals surface area contributed by atoms with Gasteiger partial charge in [0.2, 0.25) is 0 Å². The zero-order valence-corrected chi connectivity index (χ0v) is 6.95. The zero-order valence-electron chi connectivity index (χ0n) is 6.95. The molecule has 0 saturated heterocycles. The van der Waals surface area contributed by atoms with E-state index in [4.69, 9.17) is 30.9 Å². The van der Waals surface area contributed by atoms with Crippen LogP contribution in [0.25, 0.3) is 0 Å². The van der Waals surface area contributed by atoms with Gasteiger partial charge in [-0.3, -0.25) is 0 Å². The van der Waals surface area contributed by atoms with Gasteiger partial charge in [-0.2, -0.15) is 0 Å². The maximum Gasteiger partial charge on any atom is 0.126 e. The van der Waals surface area contributed by atoms with Crippen molar-refractivity contribution in [3.63, 3.8) is 0 Å². The largest absolute Gasteiger partial charge is 0.300 e. The van der Waals surface area contributed by atoms with E-state index in [2.05, 4.69) is 0 Å². The molecule has 0 aromatic heterocycles.